The Morgan fingerprint density at radius 3 is 2.17 bits per heavy atom. The summed E-state index contributed by atoms with van der Waals surface area (Å²) >= 11 is 0. The molecule has 5 N–H and O–H groups in total. The number of halogens is 1. The van der Waals surface area contributed by atoms with Gasteiger partial charge in [-0.2, -0.15) is 0 Å². The second-order valence-corrected chi connectivity index (χ2v) is 23.8. The normalized spacial score (nSPS) is 28.9. The number of anilines is 1. The summed E-state index contributed by atoms with van der Waals surface area (Å²) in [6.45, 7) is 14.1. The van der Waals surface area contributed by atoms with E-state index in [0.717, 1.165) is 18.9 Å². The SMILES string of the molecule is COc1c(N2CCN(C3CCN(C(=O)O[C@H]4[C@H](C)[C@H](O)[C@H](C)[C@@H](O)[C@@H](C)C=CC=C(C)C(=O)NC5=C(N6CCOCC6)C(=O)c6c(c(O)c(C)c7c6C(=O)[C@@](C)(OC=C[C@H](OC)[C@H]4C)O7)C5=O)C3)CC2)c(F)cc2c(=O)c(C(=O)O)cn(C3CC3)c12. The highest BCUT2D eigenvalue weighted by molar-refractivity contribution is 6.32. The van der Waals surface area contributed by atoms with Gasteiger partial charge >= 0.3 is 17.8 Å². The molecule has 6 aliphatic heterocycles. The van der Waals surface area contributed by atoms with Crippen molar-refractivity contribution < 1.29 is 82.0 Å². The zero-order chi connectivity index (χ0) is 62.0. The number of hydrogen-bond acceptors (Lipinski definition) is 19. The molecule has 462 valence electrons. The second kappa shape index (κ2) is 24.3. The molecule has 4 fully saturated rings. The Hall–Kier alpha value is -7.64. The van der Waals surface area contributed by atoms with E-state index in [-0.39, 0.29) is 89.9 Å². The molecule has 1 saturated carbocycles. The van der Waals surface area contributed by atoms with Gasteiger partial charge in [0.05, 0.1) is 72.5 Å². The third-order valence-corrected chi connectivity index (χ3v) is 18.3. The molecule has 0 spiro atoms. The Balaban J connectivity index is 0.903. The average Bonchev–Trinajstić information content (AvgIpc) is 1.41. The number of nitrogens with zero attached hydrogens (tertiary/aromatic N) is 5. The standard InChI is InChI=1S/C62H75FN6O17/c1-30-11-10-12-31(2)59(77)64-45-48(67-22-25-83-26-23-67)54(75)42-43(53(45)74)51(72)35(6)56-44(42)58(76)62(7,86-56)84-24-16-41(81-8)32(3)55(34(5)50(71)33(4)49(30)70)85-61(80)68-17-15-37(28-68)65-18-20-66(21-19-65)47-40(63)27-38-46(57(47)82-9)69(36-13-14-36)29-39(52(38)73)60(78)79/h10-12,16,24,27,29-30,32-34,36-37,41,49-50,55,70-72H,13-15,17-23,25-26,28H2,1-9H3,(H,64,77)(H,78,79)/t30-,32+,33+,34+,37?,41-,49-,50+,55+,62-/m0/s1. The maximum atomic E-state index is 16.3. The number of piperazine rings is 1. The van der Waals surface area contributed by atoms with Crippen LogP contribution in [0.4, 0.5) is 14.9 Å². The number of amides is 2. The fourth-order valence-electron chi connectivity index (χ4n) is 13.0. The smallest absolute Gasteiger partial charge is 0.410 e. The molecule has 2 aliphatic carbocycles. The van der Waals surface area contributed by atoms with Crippen LogP contribution in [0.3, 0.4) is 0 Å². The Bertz CT molecular complexity index is 3470. The van der Waals surface area contributed by atoms with Gasteiger partial charge in [0.15, 0.2) is 11.6 Å². The molecule has 8 aliphatic rings. The number of pyridine rings is 1. The number of ketones is 3. The molecule has 2 amide bonds. The number of aliphatic hydroxyl groups excluding tert-OH is 2. The Morgan fingerprint density at radius 1 is 0.826 bits per heavy atom. The van der Waals surface area contributed by atoms with E-state index < -0.39 is 129 Å². The zero-order valence-electron chi connectivity index (χ0n) is 49.7. The van der Waals surface area contributed by atoms with E-state index in [1.54, 1.807) is 54.2 Å². The number of likely N-dealkylation sites (tertiary alicyclic amines) is 1. The molecule has 11 rings (SSSR count). The summed E-state index contributed by atoms with van der Waals surface area (Å²) in [6, 6.07) is 0.928. The number of Topliss-reactive ketones (excluding diaryl/α,β-unsaturated/α-hetero) is 3. The molecule has 23 nitrogen and oxygen atoms in total. The van der Waals surface area contributed by atoms with Crippen molar-refractivity contribution in [2.75, 3.05) is 84.7 Å². The van der Waals surface area contributed by atoms with E-state index in [2.05, 4.69) is 10.2 Å². The summed E-state index contributed by atoms with van der Waals surface area (Å²) < 4.78 is 54.1. The van der Waals surface area contributed by atoms with Crippen molar-refractivity contribution in [2.24, 2.45) is 23.7 Å². The first-order valence-electron chi connectivity index (χ1n) is 29.2. The fraction of sp³-hybridized carbons (Fsp3) is 0.532. The van der Waals surface area contributed by atoms with E-state index in [0.29, 0.717) is 44.7 Å². The molecule has 10 atom stereocenters. The number of aromatic carboxylic acids is 1. The number of phenolic OH excluding ortho intramolecular Hbond substituents is 1. The number of phenols is 1. The predicted octanol–water partition coefficient (Wildman–Crippen LogP) is 5.26. The molecule has 24 heteroatoms. The highest BCUT2D eigenvalue weighted by Gasteiger charge is 2.53. The number of nitrogens with one attached hydrogen (secondary N) is 1. The summed E-state index contributed by atoms with van der Waals surface area (Å²) in [5.41, 5.74) is -2.43. The number of hydrogen-bond donors (Lipinski definition) is 5. The van der Waals surface area contributed by atoms with E-state index in [4.69, 9.17) is 28.4 Å². The van der Waals surface area contributed by atoms with Gasteiger partial charge in [-0.3, -0.25) is 28.9 Å². The number of aromatic hydroxyl groups is 1. The van der Waals surface area contributed by atoms with E-state index in [9.17, 15) is 54.0 Å². The number of ether oxygens (including phenoxy) is 6. The molecule has 3 saturated heterocycles. The van der Waals surface area contributed by atoms with Crippen LogP contribution in [0.5, 0.6) is 17.2 Å². The van der Waals surface area contributed by atoms with Gasteiger partial charge in [0, 0.05) is 119 Å². The Morgan fingerprint density at radius 2 is 1.52 bits per heavy atom. The Kier molecular flexibility index (Phi) is 17.3. The molecule has 5 bridgehead atoms. The molecule has 2 aromatic carbocycles. The lowest BCUT2D eigenvalue weighted by Gasteiger charge is -2.40. The maximum Gasteiger partial charge on any atom is 0.410 e. The molecule has 1 aromatic heterocycles. The number of rotatable bonds is 8. The minimum absolute atomic E-state index is 0.0339. The lowest BCUT2D eigenvalue weighted by molar-refractivity contribution is -0.116. The summed E-state index contributed by atoms with van der Waals surface area (Å²) in [7, 11) is 2.82. The molecule has 3 aromatic rings. The quantitative estimate of drug-likeness (QED) is 0.192. The number of aliphatic hydroxyl groups is 2. The van der Waals surface area contributed by atoms with Crippen molar-refractivity contribution in [2.45, 2.75) is 110 Å². The number of carbonyl (C=O) groups is 6. The number of benzene rings is 2. The van der Waals surface area contributed by atoms with Crippen molar-refractivity contribution in [3.8, 4) is 17.2 Å². The summed E-state index contributed by atoms with van der Waals surface area (Å²) in [5, 5.41) is 48.0. The first-order valence-corrected chi connectivity index (χ1v) is 29.2. The molecular weight excluding hydrogens is 1120 g/mol. The summed E-state index contributed by atoms with van der Waals surface area (Å²) in [6.07, 6.45) is 5.61. The maximum absolute atomic E-state index is 16.3. The lowest BCUT2D eigenvalue weighted by Crippen LogP contribution is -2.52. The van der Waals surface area contributed by atoms with Crippen LogP contribution in [-0.2, 0) is 23.7 Å². The van der Waals surface area contributed by atoms with Crippen LogP contribution in [0.1, 0.15) is 114 Å². The first kappa shape index (κ1) is 61.4. The van der Waals surface area contributed by atoms with Gasteiger partial charge in [-0.05, 0) is 45.3 Å². The molecule has 7 heterocycles. The van der Waals surface area contributed by atoms with Crippen LogP contribution < -0.4 is 25.1 Å². The van der Waals surface area contributed by atoms with Gasteiger partial charge in [0.1, 0.15) is 40.2 Å². The minimum atomic E-state index is -2.16. The number of carboxylic acid groups (broad SMARTS) is 1. The number of fused-ring (bicyclic) bond motifs is 15. The number of methoxy groups -OCH3 is 2. The molecule has 0 radical (unpaired) electrons. The number of allylic oxidation sites excluding steroid dienone is 4. The monoisotopic (exact) mass is 1190 g/mol. The Labute approximate surface area is 496 Å². The van der Waals surface area contributed by atoms with Crippen molar-refractivity contribution in [3.05, 3.63) is 104 Å². The fourth-order valence-corrected chi connectivity index (χ4v) is 13.0. The third-order valence-electron chi connectivity index (χ3n) is 18.3. The minimum Gasteiger partial charge on any atom is -0.507 e. The van der Waals surface area contributed by atoms with Crippen LogP contribution in [-0.4, -0.2) is 191 Å². The summed E-state index contributed by atoms with van der Waals surface area (Å²) in [5.74, 6) is -11.3. The molecular formula is C62H75FN6O17. The van der Waals surface area contributed by atoms with Crippen LogP contribution in [0.25, 0.3) is 10.9 Å². The predicted molar refractivity (Wildman–Crippen MR) is 309 cm³/mol. The molecule has 86 heavy (non-hydrogen) atoms. The second-order valence-electron chi connectivity index (χ2n) is 23.8. The van der Waals surface area contributed by atoms with E-state index >= 15 is 4.39 Å². The largest absolute Gasteiger partial charge is 0.507 e. The van der Waals surface area contributed by atoms with Crippen LogP contribution in [0.15, 0.2) is 64.6 Å². The van der Waals surface area contributed by atoms with E-state index in [1.807, 2.05) is 4.90 Å². The van der Waals surface area contributed by atoms with Gasteiger partial charge in [-0.25, -0.2) is 14.0 Å². The third kappa shape index (κ3) is 11.0. The van der Waals surface area contributed by atoms with Gasteiger partial charge in [0.25, 0.3) is 11.7 Å². The van der Waals surface area contributed by atoms with Crippen molar-refractivity contribution in [1.29, 1.82) is 0 Å². The highest BCUT2D eigenvalue weighted by atomic mass is 19.1. The van der Waals surface area contributed by atoms with Gasteiger partial charge in [-0.1, -0.05) is 45.9 Å². The molecule has 1 unspecified atom stereocenters. The average molecular weight is 1200 g/mol. The topological polar surface area (TPSA) is 286 Å². The lowest BCUT2D eigenvalue weighted by atomic mass is 9.78. The summed E-state index contributed by atoms with van der Waals surface area (Å²) in [4.78, 5) is 105. The zero-order valence-corrected chi connectivity index (χ0v) is 49.7. The van der Waals surface area contributed by atoms with Crippen molar-refractivity contribution >= 4 is 51.9 Å². The number of morpholine rings is 1. The highest BCUT2D eigenvalue weighted by Crippen LogP contribution is 2.50. The van der Waals surface area contributed by atoms with Gasteiger partial charge in [-0.15, -0.1) is 0 Å². The first-order chi connectivity index (χ1) is 40.9. The van der Waals surface area contributed by atoms with Crippen LogP contribution in [0.2, 0.25) is 0 Å². The van der Waals surface area contributed by atoms with Crippen LogP contribution in [0, 0.1) is 36.4 Å². The van der Waals surface area contributed by atoms with E-state index in [1.165, 1.54) is 59.6 Å². The van der Waals surface area contributed by atoms with Gasteiger partial charge in [0.2, 0.25) is 17.0 Å². The van der Waals surface area contributed by atoms with Crippen molar-refractivity contribution in [1.82, 2.24) is 24.6 Å². The number of aromatic nitrogens is 1. The van der Waals surface area contributed by atoms with Crippen molar-refractivity contribution in [3.63, 3.8) is 0 Å². The van der Waals surface area contributed by atoms with Gasteiger partial charge < -0.3 is 73.4 Å². The van der Waals surface area contributed by atoms with Crippen LogP contribution >= 0.6 is 0 Å². The number of carbonyl (C=O) groups excluding carboxylic acids is 5. The number of carboxylic acids is 1.